The van der Waals surface area contributed by atoms with Crippen LogP contribution in [-0.2, 0) is 30.5 Å². The SMILES string of the molecule is CCCCCCc1cn(-c2ccc(CCCCn3cc(CCN(C)[C@H]4C[C@@H](C)O[C@@H](O)[C@@H]4O)nn3)cc2)nn1. The fourth-order valence-electron chi connectivity index (χ4n) is 5.19. The van der Waals surface area contributed by atoms with Crippen LogP contribution < -0.4 is 0 Å². The van der Waals surface area contributed by atoms with Gasteiger partial charge < -0.3 is 19.8 Å². The normalized spacial score (nSPS) is 21.6. The topological polar surface area (TPSA) is 114 Å². The van der Waals surface area contributed by atoms with Crippen molar-refractivity contribution in [2.45, 2.75) is 109 Å². The van der Waals surface area contributed by atoms with Gasteiger partial charge in [0.1, 0.15) is 6.10 Å². The molecule has 1 aromatic carbocycles. The van der Waals surface area contributed by atoms with Gasteiger partial charge in [-0.05, 0) is 70.2 Å². The van der Waals surface area contributed by atoms with Crippen LogP contribution in [0.1, 0.15) is 75.7 Å². The Morgan fingerprint density at radius 3 is 2.46 bits per heavy atom. The third-order valence-corrected chi connectivity index (χ3v) is 7.64. The molecule has 0 unspecified atom stereocenters. The molecule has 4 atom stereocenters. The lowest BCUT2D eigenvalue weighted by atomic mass is 9.99. The lowest BCUT2D eigenvalue weighted by molar-refractivity contribution is -0.231. The van der Waals surface area contributed by atoms with Gasteiger partial charge in [0.05, 0.1) is 29.4 Å². The Morgan fingerprint density at radius 1 is 0.923 bits per heavy atom. The number of aryl methyl sites for hydroxylation is 3. The minimum Gasteiger partial charge on any atom is -0.386 e. The molecule has 214 valence electrons. The largest absolute Gasteiger partial charge is 0.386 e. The molecule has 1 saturated heterocycles. The zero-order chi connectivity index (χ0) is 27.6. The highest BCUT2D eigenvalue weighted by Gasteiger charge is 2.37. The highest BCUT2D eigenvalue weighted by molar-refractivity contribution is 5.34. The summed E-state index contributed by atoms with van der Waals surface area (Å²) in [6.45, 7) is 5.71. The zero-order valence-electron chi connectivity index (χ0n) is 23.7. The maximum atomic E-state index is 10.3. The molecular formula is C29H45N7O3. The molecule has 0 spiro atoms. The molecule has 0 bridgehead atoms. The monoisotopic (exact) mass is 539 g/mol. The molecule has 1 aliphatic rings. The second-order valence-corrected chi connectivity index (χ2v) is 10.9. The molecule has 2 N–H and O–H groups in total. The van der Waals surface area contributed by atoms with E-state index in [-0.39, 0.29) is 12.1 Å². The summed E-state index contributed by atoms with van der Waals surface area (Å²) in [4.78, 5) is 2.08. The van der Waals surface area contributed by atoms with E-state index >= 15 is 0 Å². The average molecular weight is 540 g/mol. The number of benzene rings is 1. The summed E-state index contributed by atoms with van der Waals surface area (Å²) >= 11 is 0. The number of aliphatic hydroxyl groups is 2. The number of aliphatic hydroxyl groups excluding tert-OH is 2. The number of nitrogens with zero attached hydrogens (tertiary/aromatic N) is 7. The molecule has 3 aromatic rings. The molecule has 0 saturated carbocycles. The Bertz CT molecular complexity index is 1120. The molecular weight excluding hydrogens is 494 g/mol. The van der Waals surface area contributed by atoms with Gasteiger partial charge in [0.2, 0.25) is 0 Å². The summed E-state index contributed by atoms with van der Waals surface area (Å²) in [5.41, 5.74) is 4.36. The van der Waals surface area contributed by atoms with Crippen molar-refractivity contribution in [1.29, 1.82) is 0 Å². The molecule has 0 amide bonds. The van der Waals surface area contributed by atoms with Crippen LogP contribution in [0.2, 0.25) is 0 Å². The van der Waals surface area contributed by atoms with Crippen LogP contribution in [0, 0.1) is 0 Å². The molecule has 0 radical (unpaired) electrons. The van der Waals surface area contributed by atoms with Gasteiger partial charge in [-0.25, -0.2) is 4.68 Å². The maximum Gasteiger partial charge on any atom is 0.182 e. The molecule has 2 aromatic heterocycles. The minimum atomic E-state index is -1.13. The van der Waals surface area contributed by atoms with E-state index in [0.29, 0.717) is 6.42 Å². The Hall–Kier alpha value is -2.66. The predicted molar refractivity (Wildman–Crippen MR) is 149 cm³/mol. The Labute approximate surface area is 232 Å². The lowest BCUT2D eigenvalue weighted by Crippen LogP contribution is -2.54. The number of ether oxygens (including phenoxy) is 1. The van der Waals surface area contributed by atoms with Gasteiger partial charge in [-0.3, -0.25) is 4.68 Å². The van der Waals surface area contributed by atoms with E-state index in [0.717, 1.165) is 62.3 Å². The Balaban J connectivity index is 1.15. The molecule has 3 heterocycles. The van der Waals surface area contributed by atoms with E-state index in [4.69, 9.17) is 4.74 Å². The lowest BCUT2D eigenvalue weighted by Gasteiger charge is -2.40. The first-order valence-corrected chi connectivity index (χ1v) is 14.5. The van der Waals surface area contributed by atoms with Crippen LogP contribution in [0.5, 0.6) is 0 Å². The molecule has 39 heavy (non-hydrogen) atoms. The molecule has 1 fully saturated rings. The Morgan fingerprint density at radius 2 is 1.67 bits per heavy atom. The minimum absolute atomic E-state index is 0.0820. The summed E-state index contributed by atoms with van der Waals surface area (Å²) in [7, 11) is 1.97. The van der Waals surface area contributed by atoms with E-state index < -0.39 is 12.4 Å². The molecule has 4 rings (SSSR count). The number of rotatable bonds is 15. The smallest absolute Gasteiger partial charge is 0.182 e. The highest BCUT2D eigenvalue weighted by atomic mass is 16.6. The van der Waals surface area contributed by atoms with E-state index in [1.807, 2.05) is 35.7 Å². The van der Waals surface area contributed by atoms with Crippen molar-refractivity contribution in [3.8, 4) is 5.69 Å². The van der Waals surface area contributed by atoms with Crippen molar-refractivity contribution in [2.24, 2.45) is 0 Å². The summed E-state index contributed by atoms with van der Waals surface area (Å²) in [5, 5.41) is 37.4. The number of hydrogen-bond donors (Lipinski definition) is 2. The summed E-state index contributed by atoms with van der Waals surface area (Å²) in [6, 6.07) is 8.45. The van der Waals surface area contributed by atoms with Gasteiger partial charge in [-0.15, -0.1) is 10.2 Å². The second kappa shape index (κ2) is 14.6. The molecule has 0 aliphatic carbocycles. The maximum absolute atomic E-state index is 10.3. The zero-order valence-corrected chi connectivity index (χ0v) is 23.7. The third-order valence-electron chi connectivity index (χ3n) is 7.64. The van der Waals surface area contributed by atoms with Crippen molar-refractivity contribution in [1.82, 2.24) is 34.9 Å². The number of likely N-dealkylation sites (N-methyl/N-ethyl adjacent to an activating group) is 1. The van der Waals surface area contributed by atoms with Gasteiger partial charge in [-0.1, -0.05) is 48.7 Å². The van der Waals surface area contributed by atoms with Crippen molar-refractivity contribution >= 4 is 0 Å². The first-order chi connectivity index (χ1) is 18.9. The van der Waals surface area contributed by atoms with E-state index in [2.05, 4.69) is 56.7 Å². The predicted octanol–water partition coefficient (Wildman–Crippen LogP) is 3.34. The van der Waals surface area contributed by atoms with E-state index in [9.17, 15) is 10.2 Å². The number of aromatic nitrogens is 6. The summed E-state index contributed by atoms with van der Waals surface area (Å²) in [6.07, 6.45) is 12.4. The molecule has 1 aliphatic heterocycles. The van der Waals surface area contributed by atoms with Crippen LogP contribution in [-0.4, -0.2) is 83.2 Å². The standard InChI is InChI=1S/C29H45N7O3/c1-4-5-6-7-11-24-21-36(33-31-24)26-14-12-23(13-15-26)10-8-9-17-35-20-25(30-32-35)16-18-34(3)27-19-22(2)39-29(38)28(27)37/h12-15,20-22,27-29,37-38H,4-11,16-19H2,1-3H3/t22-,27+,28-,29-/m1/s1. The highest BCUT2D eigenvalue weighted by Crippen LogP contribution is 2.22. The van der Waals surface area contributed by atoms with Gasteiger partial charge in [0, 0.05) is 31.7 Å². The van der Waals surface area contributed by atoms with E-state index in [1.165, 1.54) is 31.2 Å². The fraction of sp³-hybridized carbons (Fsp3) is 0.655. The quantitative estimate of drug-likeness (QED) is 0.283. The van der Waals surface area contributed by atoms with Crippen molar-refractivity contribution in [3.05, 3.63) is 53.6 Å². The van der Waals surface area contributed by atoms with Crippen LogP contribution in [0.4, 0.5) is 0 Å². The van der Waals surface area contributed by atoms with Crippen LogP contribution in [0.25, 0.3) is 5.69 Å². The molecule has 10 heteroatoms. The van der Waals surface area contributed by atoms with E-state index in [1.54, 1.807) is 0 Å². The second-order valence-electron chi connectivity index (χ2n) is 10.9. The van der Waals surface area contributed by atoms with Gasteiger partial charge in [-0.2, -0.15) is 0 Å². The fourth-order valence-corrected chi connectivity index (χ4v) is 5.19. The van der Waals surface area contributed by atoms with Crippen molar-refractivity contribution < 1.29 is 14.9 Å². The van der Waals surface area contributed by atoms with Crippen molar-refractivity contribution in [2.75, 3.05) is 13.6 Å². The van der Waals surface area contributed by atoms with Gasteiger partial charge in [0.15, 0.2) is 6.29 Å². The van der Waals surface area contributed by atoms with Gasteiger partial charge in [0.25, 0.3) is 0 Å². The first kappa shape index (κ1) is 29.3. The number of hydrogen-bond acceptors (Lipinski definition) is 8. The summed E-state index contributed by atoms with van der Waals surface area (Å²) < 4.78 is 9.09. The average Bonchev–Trinajstić information content (AvgIpc) is 3.60. The first-order valence-electron chi connectivity index (χ1n) is 14.5. The van der Waals surface area contributed by atoms with Gasteiger partial charge >= 0.3 is 0 Å². The van der Waals surface area contributed by atoms with Crippen molar-refractivity contribution in [3.63, 3.8) is 0 Å². The molecule has 10 nitrogen and oxygen atoms in total. The van der Waals surface area contributed by atoms with Crippen LogP contribution >= 0.6 is 0 Å². The Kier molecular flexibility index (Phi) is 11.0. The summed E-state index contributed by atoms with van der Waals surface area (Å²) in [5.74, 6) is 0. The number of unbranched alkanes of at least 4 members (excludes halogenated alkanes) is 4. The third kappa shape index (κ3) is 8.66. The van der Waals surface area contributed by atoms with Crippen LogP contribution in [0.3, 0.4) is 0 Å². The van der Waals surface area contributed by atoms with Crippen LogP contribution in [0.15, 0.2) is 36.7 Å².